The van der Waals surface area contributed by atoms with E-state index in [-0.39, 0.29) is 11.8 Å². The summed E-state index contributed by atoms with van der Waals surface area (Å²) in [5, 5.41) is 8.30. The minimum Gasteiger partial charge on any atom is -0.273 e. The van der Waals surface area contributed by atoms with E-state index in [4.69, 9.17) is 5.26 Å². The summed E-state index contributed by atoms with van der Waals surface area (Å²) < 4.78 is 0. The van der Waals surface area contributed by atoms with E-state index >= 15 is 0 Å². The number of carbonyl (C=O) groups excluding carboxylic acids is 1. The number of hydrogen-bond donors (Lipinski definition) is 0. The smallest absolute Gasteiger partial charge is 0.238 e. The van der Waals surface area contributed by atoms with Gasteiger partial charge in [0.25, 0.3) is 0 Å². The van der Waals surface area contributed by atoms with Crippen LogP contribution in [0.3, 0.4) is 0 Å². The molecule has 3 nitrogen and oxygen atoms in total. The summed E-state index contributed by atoms with van der Waals surface area (Å²) in [7, 11) is 1.48. The fourth-order valence-electron chi connectivity index (χ4n) is 0.554. The molecule has 0 saturated carbocycles. The minimum atomic E-state index is -0.106. The van der Waals surface area contributed by atoms with Crippen molar-refractivity contribution in [3.63, 3.8) is 0 Å². The monoisotopic (exact) mass is 140 g/mol. The summed E-state index contributed by atoms with van der Waals surface area (Å²) in [5.74, 6) is -0.144. The number of hydrogen-bond acceptors (Lipinski definition) is 2. The van der Waals surface area contributed by atoms with Gasteiger partial charge in [0.2, 0.25) is 5.91 Å². The predicted molar refractivity (Wildman–Crippen MR) is 37.8 cm³/mol. The molecule has 0 saturated heterocycles. The second kappa shape index (κ2) is 3.89. The molecule has 1 amide bonds. The molecule has 0 aliphatic rings. The number of amides is 1. The fourth-order valence-corrected chi connectivity index (χ4v) is 0.554. The summed E-state index contributed by atoms with van der Waals surface area (Å²) in [6, 6.07) is 0. The van der Waals surface area contributed by atoms with Crippen molar-refractivity contribution in [1.29, 1.82) is 5.26 Å². The largest absolute Gasteiger partial charge is 0.273 e. The average molecular weight is 140 g/mol. The van der Waals surface area contributed by atoms with Crippen molar-refractivity contribution < 1.29 is 4.79 Å². The highest BCUT2D eigenvalue weighted by atomic mass is 16.2. The first-order valence-electron chi connectivity index (χ1n) is 3.30. The number of nitriles is 1. The average Bonchev–Trinajstić information content (AvgIpc) is 2.00. The molecular weight excluding hydrogens is 128 g/mol. The zero-order valence-corrected chi connectivity index (χ0v) is 6.59. The van der Waals surface area contributed by atoms with Gasteiger partial charge in [-0.3, -0.25) is 9.69 Å². The molecule has 0 spiro atoms. The van der Waals surface area contributed by atoms with Crippen molar-refractivity contribution in [2.24, 2.45) is 5.92 Å². The Kier molecular flexibility index (Phi) is 3.48. The molecule has 0 N–H and O–H groups in total. The molecule has 0 aromatic carbocycles. The van der Waals surface area contributed by atoms with Gasteiger partial charge < -0.3 is 0 Å². The molecule has 0 aliphatic heterocycles. The maximum Gasteiger partial charge on any atom is 0.238 e. The Bertz CT molecular complexity index is 159. The van der Waals surface area contributed by atoms with Gasteiger partial charge in [0.15, 0.2) is 6.19 Å². The van der Waals surface area contributed by atoms with Crippen LogP contribution in [0, 0.1) is 17.4 Å². The van der Waals surface area contributed by atoms with E-state index in [1.807, 2.05) is 13.8 Å². The van der Waals surface area contributed by atoms with Crippen LogP contribution in [0.2, 0.25) is 0 Å². The maximum absolute atomic E-state index is 11.0. The molecule has 0 aromatic rings. The van der Waals surface area contributed by atoms with E-state index in [9.17, 15) is 4.79 Å². The van der Waals surface area contributed by atoms with Crippen molar-refractivity contribution in [2.75, 3.05) is 7.05 Å². The number of nitrogens with zero attached hydrogens (tertiary/aromatic N) is 2. The Labute approximate surface area is 61.2 Å². The number of carbonyl (C=O) groups is 1. The standard InChI is InChI=1S/C7H12N2O/c1-4-6(2)7(10)9(3)5-8/h6H,4H2,1-3H3. The predicted octanol–water partition coefficient (Wildman–Crippen LogP) is 0.972. The molecule has 0 bridgehead atoms. The van der Waals surface area contributed by atoms with Gasteiger partial charge in [0.05, 0.1) is 0 Å². The molecule has 0 aromatic heterocycles. The van der Waals surface area contributed by atoms with Gasteiger partial charge in [-0.25, -0.2) is 0 Å². The first-order valence-corrected chi connectivity index (χ1v) is 3.30. The summed E-state index contributed by atoms with van der Waals surface area (Å²) in [6.07, 6.45) is 2.55. The SMILES string of the molecule is CCC(C)C(=O)N(C)C#N. The van der Waals surface area contributed by atoms with Crippen LogP contribution in [0.1, 0.15) is 20.3 Å². The van der Waals surface area contributed by atoms with Gasteiger partial charge in [-0.2, -0.15) is 5.26 Å². The lowest BCUT2D eigenvalue weighted by Gasteiger charge is -2.11. The van der Waals surface area contributed by atoms with E-state index in [2.05, 4.69) is 0 Å². The van der Waals surface area contributed by atoms with Crippen molar-refractivity contribution in [3.05, 3.63) is 0 Å². The van der Waals surface area contributed by atoms with Crippen LogP contribution in [0.25, 0.3) is 0 Å². The Hall–Kier alpha value is -1.04. The molecule has 0 aliphatic carbocycles. The van der Waals surface area contributed by atoms with Gasteiger partial charge in [0.1, 0.15) is 0 Å². The molecule has 0 heterocycles. The first kappa shape index (κ1) is 8.96. The third kappa shape index (κ3) is 2.06. The van der Waals surface area contributed by atoms with Gasteiger partial charge in [0, 0.05) is 13.0 Å². The molecule has 3 heteroatoms. The maximum atomic E-state index is 11.0. The van der Waals surface area contributed by atoms with Crippen LogP contribution in [0.4, 0.5) is 0 Å². The fraction of sp³-hybridized carbons (Fsp3) is 0.714. The van der Waals surface area contributed by atoms with Crippen LogP contribution >= 0.6 is 0 Å². The normalized spacial score (nSPS) is 11.8. The molecule has 1 unspecified atom stereocenters. The van der Waals surface area contributed by atoms with Crippen molar-refractivity contribution >= 4 is 5.91 Å². The third-order valence-corrected chi connectivity index (χ3v) is 1.51. The lowest BCUT2D eigenvalue weighted by Crippen LogP contribution is -2.26. The van der Waals surface area contributed by atoms with Gasteiger partial charge in [-0.05, 0) is 6.42 Å². The highest BCUT2D eigenvalue weighted by molar-refractivity contribution is 5.79. The molecule has 0 rings (SSSR count). The molecular formula is C7H12N2O. The van der Waals surface area contributed by atoms with E-state index in [0.29, 0.717) is 0 Å². The molecule has 1 atom stereocenters. The second-order valence-electron chi connectivity index (χ2n) is 2.31. The lowest BCUT2D eigenvalue weighted by molar-refractivity contribution is -0.130. The van der Waals surface area contributed by atoms with Gasteiger partial charge >= 0.3 is 0 Å². The minimum absolute atomic E-state index is 0.0374. The quantitative estimate of drug-likeness (QED) is 0.423. The molecule has 0 fully saturated rings. The van der Waals surface area contributed by atoms with Crippen LogP contribution in [0.5, 0.6) is 0 Å². The summed E-state index contributed by atoms with van der Waals surface area (Å²) >= 11 is 0. The number of rotatable bonds is 2. The van der Waals surface area contributed by atoms with E-state index in [1.165, 1.54) is 7.05 Å². The summed E-state index contributed by atoms with van der Waals surface area (Å²) in [6.45, 7) is 3.74. The molecule has 10 heavy (non-hydrogen) atoms. The molecule has 0 radical (unpaired) electrons. The van der Waals surface area contributed by atoms with E-state index in [1.54, 1.807) is 6.19 Å². The van der Waals surface area contributed by atoms with Crippen LogP contribution in [0.15, 0.2) is 0 Å². The summed E-state index contributed by atoms with van der Waals surface area (Å²) in [5.41, 5.74) is 0. The molecule has 56 valence electrons. The topological polar surface area (TPSA) is 44.1 Å². The van der Waals surface area contributed by atoms with Crippen LogP contribution in [-0.2, 0) is 4.79 Å². The highest BCUT2D eigenvalue weighted by Crippen LogP contribution is 2.03. The van der Waals surface area contributed by atoms with Crippen LogP contribution in [-0.4, -0.2) is 17.9 Å². The van der Waals surface area contributed by atoms with Crippen molar-refractivity contribution in [2.45, 2.75) is 20.3 Å². The van der Waals surface area contributed by atoms with Crippen molar-refractivity contribution in [1.82, 2.24) is 4.90 Å². The zero-order valence-electron chi connectivity index (χ0n) is 6.59. The zero-order chi connectivity index (χ0) is 8.15. The van der Waals surface area contributed by atoms with Gasteiger partial charge in [-0.1, -0.05) is 13.8 Å². The summed E-state index contributed by atoms with van der Waals surface area (Å²) in [4.78, 5) is 12.1. The highest BCUT2D eigenvalue weighted by Gasteiger charge is 2.14. The Morgan fingerprint density at radius 1 is 1.80 bits per heavy atom. The first-order chi connectivity index (χ1) is 4.63. The van der Waals surface area contributed by atoms with Crippen molar-refractivity contribution in [3.8, 4) is 6.19 Å². The van der Waals surface area contributed by atoms with E-state index in [0.717, 1.165) is 11.3 Å². The Balaban J connectivity index is 3.98. The lowest BCUT2D eigenvalue weighted by atomic mass is 10.1. The second-order valence-corrected chi connectivity index (χ2v) is 2.31. The third-order valence-electron chi connectivity index (χ3n) is 1.51. The Morgan fingerprint density at radius 3 is 2.60 bits per heavy atom. The van der Waals surface area contributed by atoms with Crippen LogP contribution < -0.4 is 0 Å². The Morgan fingerprint density at radius 2 is 2.30 bits per heavy atom. The van der Waals surface area contributed by atoms with E-state index < -0.39 is 0 Å². The van der Waals surface area contributed by atoms with Gasteiger partial charge in [-0.15, -0.1) is 0 Å².